The van der Waals surface area contributed by atoms with Gasteiger partial charge >= 0.3 is 0 Å². The first kappa shape index (κ1) is 13.3. The van der Waals surface area contributed by atoms with E-state index in [0.717, 1.165) is 17.7 Å². The highest BCUT2D eigenvalue weighted by Crippen LogP contribution is 2.27. The zero-order valence-electron chi connectivity index (χ0n) is 10.6. The molecule has 0 radical (unpaired) electrons. The van der Waals surface area contributed by atoms with Gasteiger partial charge in [0.25, 0.3) is 0 Å². The molecule has 1 aliphatic heterocycles. The summed E-state index contributed by atoms with van der Waals surface area (Å²) in [5.74, 6) is 0.770. The number of ether oxygens (including phenoxy) is 1. The number of nitrogens with two attached hydrogens (primary N) is 1. The van der Waals surface area contributed by atoms with Gasteiger partial charge in [-0.15, -0.1) is 0 Å². The molecule has 18 heavy (non-hydrogen) atoms. The SMILES string of the molecule is CC(C)(CN)NS(=O)(=O)c1ccc2c(c1)CCO2. The Hall–Kier alpha value is -1.11. The lowest BCUT2D eigenvalue weighted by Gasteiger charge is -2.23. The molecule has 0 atom stereocenters. The molecule has 0 fully saturated rings. The Labute approximate surface area is 107 Å². The maximum absolute atomic E-state index is 12.2. The van der Waals surface area contributed by atoms with Gasteiger partial charge in [-0.2, -0.15) is 0 Å². The van der Waals surface area contributed by atoms with E-state index in [2.05, 4.69) is 4.72 Å². The Morgan fingerprint density at radius 3 is 2.83 bits per heavy atom. The molecule has 1 heterocycles. The van der Waals surface area contributed by atoms with Crippen molar-refractivity contribution >= 4 is 10.0 Å². The van der Waals surface area contributed by atoms with E-state index in [4.69, 9.17) is 10.5 Å². The van der Waals surface area contributed by atoms with Crippen molar-refractivity contribution in [2.75, 3.05) is 13.2 Å². The molecular weight excluding hydrogens is 252 g/mol. The van der Waals surface area contributed by atoms with Gasteiger partial charge in [0.15, 0.2) is 0 Å². The summed E-state index contributed by atoms with van der Waals surface area (Å²) in [6.45, 7) is 4.35. The molecule has 1 aromatic carbocycles. The topological polar surface area (TPSA) is 81.4 Å². The van der Waals surface area contributed by atoms with E-state index in [1.807, 2.05) is 0 Å². The number of hydrogen-bond acceptors (Lipinski definition) is 4. The van der Waals surface area contributed by atoms with Crippen molar-refractivity contribution in [2.45, 2.75) is 30.7 Å². The van der Waals surface area contributed by atoms with Crippen LogP contribution in [0.15, 0.2) is 23.1 Å². The Bertz CT molecular complexity index is 552. The maximum atomic E-state index is 12.2. The first-order valence-corrected chi connectivity index (χ1v) is 7.32. The Kier molecular flexibility index (Phi) is 3.35. The molecule has 0 saturated heterocycles. The smallest absolute Gasteiger partial charge is 0.241 e. The number of hydrogen-bond donors (Lipinski definition) is 2. The molecule has 0 aliphatic carbocycles. The normalized spacial score (nSPS) is 15.3. The van der Waals surface area contributed by atoms with Gasteiger partial charge in [0.05, 0.1) is 11.5 Å². The molecule has 0 bridgehead atoms. The molecule has 0 amide bonds. The lowest BCUT2D eigenvalue weighted by atomic mass is 10.1. The number of fused-ring (bicyclic) bond motifs is 1. The minimum absolute atomic E-state index is 0.236. The number of benzene rings is 1. The maximum Gasteiger partial charge on any atom is 0.241 e. The third-order valence-electron chi connectivity index (χ3n) is 2.89. The molecule has 6 heteroatoms. The van der Waals surface area contributed by atoms with Gasteiger partial charge in [-0.3, -0.25) is 0 Å². The van der Waals surface area contributed by atoms with Crippen LogP contribution in [-0.2, 0) is 16.4 Å². The van der Waals surface area contributed by atoms with E-state index in [1.165, 1.54) is 0 Å². The minimum Gasteiger partial charge on any atom is -0.493 e. The van der Waals surface area contributed by atoms with E-state index < -0.39 is 15.6 Å². The summed E-state index contributed by atoms with van der Waals surface area (Å²) in [6.07, 6.45) is 0.749. The van der Waals surface area contributed by atoms with Crippen LogP contribution < -0.4 is 15.2 Å². The molecule has 5 nitrogen and oxygen atoms in total. The quantitative estimate of drug-likeness (QED) is 0.841. The largest absolute Gasteiger partial charge is 0.493 e. The van der Waals surface area contributed by atoms with Gasteiger partial charge in [-0.1, -0.05) is 0 Å². The van der Waals surface area contributed by atoms with Crippen molar-refractivity contribution in [3.63, 3.8) is 0 Å². The lowest BCUT2D eigenvalue weighted by molar-refractivity contribution is 0.356. The highest BCUT2D eigenvalue weighted by Gasteiger charge is 2.26. The first-order valence-electron chi connectivity index (χ1n) is 5.84. The summed E-state index contributed by atoms with van der Waals surface area (Å²) >= 11 is 0. The molecule has 0 unspecified atom stereocenters. The molecule has 1 aliphatic rings. The van der Waals surface area contributed by atoms with Gasteiger partial charge in [0, 0.05) is 18.5 Å². The highest BCUT2D eigenvalue weighted by molar-refractivity contribution is 7.89. The van der Waals surface area contributed by atoms with Crippen LogP contribution in [0.1, 0.15) is 19.4 Å². The van der Waals surface area contributed by atoms with Crippen LogP contribution in [0.4, 0.5) is 0 Å². The van der Waals surface area contributed by atoms with E-state index in [1.54, 1.807) is 32.0 Å². The highest BCUT2D eigenvalue weighted by atomic mass is 32.2. The van der Waals surface area contributed by atoms with Crippen molar-refractivity contribution in [1.82, 2.24) is 4.72 Å². The van der Waals surface area contributed by atoms with Crippen LogP contribution in [0.25, 0.3) is 0 Å². The molecular formula is C12H18N2O3S. The van der Waals surface area contributed by atoms with Crippen molar-refractivity contribution < 1.29 is 13.2 Å². The fraction of sp³-hybridized carbons (Fsp3) is 0.500. The van der Waals surface area contributed by atoms with Crippen LogP contribution >= 0.6 is 0 Å². The number of rotatable bonds is 4. The Morgan fingerprint density at radius 1 is 1.44 bits per heavy atom. The van der Waals surface area contributed by atoms with Crippen molar-refractivity contribution in [2.24, 2.45) is 5.73 Å². The zero-order chi connectivity index (χ0) is 13.4. The van der Waals surface area contributed by atoms with Crippen LogP contribution in [-0.4, -0.2) is 27.1 Å². The van der Waals surface area contributed by atoms with Gasteiger partial charge < -0.3 is 10.5 Å². The molecule has 2 rings (SSSR count). The standard InChI is InChI=1S/C12H18N2O3S/c1-12(2,8-13)14-18(15,16)10-3-4-11-9(7-10)5-6-17-11/h3-4,7,14H,5-6,8,13H2,1-2H3. The summed E-state index contributed by atoms with van der Waals surface area (Å²) in [7, 11) is -3.54. The zero-order valence-corrected chi connectivity index (χ0v) is 11.4. The van der Waals surface area contributed by atoms with Crippen molar-refractivity contribution in [1.29, 1.82) is 0 Å². The van der Waals surface area contributed by atoms with E-state index >= 15 is 0 Å². The van der Waals surface area contributed by atoms with E-state index in [-0.39, 0.29) is 11.4 Å². The molecule has 0 spiro atoms. The second-order valence-corrected chi connectivity index (χ2v) is 6.74. The summed E-state index contributed by atoms with van der Waals surface area (Å²) < 4.78 is 32.3. The number of nitrogens with one attached hydrogen (secondary N) is 1. The second-order valence-electron chi connectivity index (χ2n) is 5.06. The second kappa shape index (κ2) is 4.53. The molecule has 0 saturated carbocycles. The average molecular weight is 270 g/mol. The van der Waals surface area contributed by atoms with Crippen LogP contribution in [0.5, 0.6) is 5.75 Å². The molecule has 1 aromatic rings. The minimum atomic E-state index is -3.54. The van der Waals surface area contributed by atoms with Gasteiger partial charge in [-0.05, 0) is 37.6 Å². The number of sulfonamides is 1. The monoisotopic (exact) mass is 270 g/mol. The van der Waals surface area contributed by atoms with E-state index in [9.17, 15) is 8.42 Å². The molecule has 100 valence electrons. The fourth-order valence-corrected chi connectivity index (χ4v) is 3.27. The fourth-order valence-electron chi connectivity index (χ4n) is 1.79. The Balaban J connectivity index is 2.31. The average Bonchev–Trinajstić information content (AvgIpc) is 2.74. The summed E-state index contributed by atoms with van der Waals surface area (Å²) in [5, 5.41) is 0. The van der Waals surface area contributed by atoms with Crippen LogP contribution in [0, 0.1) is 0 Å². The summed E-state index contributed by atoms with van der Waals surface area (Å²) in [4.78, 5) is 0.258. The summed E-state index contributed by atoms with van der Waals surface area (Å²) in [5.41, 5.74) is 5.81. The predicted octanol–water partition coefficient (Wildman–Crippen LogP) is 0.637. The lowest BCUT2D eigenvalue weighted by Crippen LogP contribution is -2.48. The van der Waals surface area contributed by atoms with Gasteiger partial charge in [-0.25, -0.2) is 13.1 Å². The molecule has 3 N–H and O–H groups in total. The first-order chi connectivity index (χ1) is 8.34. The van der Waals surface area contributed by atoms with Crippen LogP contribution in [0.3, 0.4) is 0 Å². The predicted molar refractivity (Wildman–Crippen MR) is 69.1 cm³/mol. The van der Waals surface area contributed by atoms with Gasteiger partial charge in [0.2, 0.25) is 10.0 Å². The Morgan fingerprint density at radius 2 is 2.17 bits per heavy atom. The van der Waals surface area contributed by atoms with Crippen molar-refractivity contribution in [3.05, 3.63) is 23.8 Å². The van der Waals surface area contributed by atoms with E-state index in [0.29, 0.717) is 6.61 Å². The van der Waals surface area contributed by atoms with Crippen molar-refractivity contribution in [3.8, 4) is 5.75 Å². The van der Waals surface area contributed by atoms with Crippen LogP contribution in [0.2, 0.25) is 0 Å². The third-order valence-corrected chi connectivity index (χ3v) is 4.59. The molecule has 0 aromatic heterocycles. The summed E-state index contributed by atoms with van der Waals surface area (Å²) in [6, 6.07) is 4.92. The van der Waals surface area contributed by atoms with Gasteiger partial charge in [0.1, 0.15) is 5.75 Å². The third kappa shape index (κ3) is 2.66.